The lowest BCUT2D eigenvalue weighted by molar-refractivity contribution is 0.826. The molecule has 2 nitrogen and oxygen atoms in total. The van der Waals surface area contributed by atoms with Crippen molar-refractivity contribution in [2.24, 2.45) is 5.73 Å². The van der Waals surface area contributed by atoms with Crippen LogP contribution in [0.1, 0.15) is 35.3 Å². The molecule has 5 heteroatoms. The molecule has 0 bridgehead atoms. The minimum atomic E-state index is 0.387. The summed E-state index contributed by atoms with van der Waals surface area (Å²) in [6.45, 7) is 4.22. The van der Waals surface area contributed by atoms with Gasteiger partial charge in [-0.2, -0.15) is 11.8 Å². The number of hydrogen-bond donors (Lipinski definition) is 1. The van der Waals surface area contributed by atoms with Crippen molar-refractivity contribution in [1.29, 1.82) is 0 Å². The Kier molecular flexibility index (Phi) is 4.34. The van der Waals surface area contributed by atoms with E-state index in [9.17, 15) is 0 Å². The molecule has 0 fully saturated rings. The maximum atomic E-state index is 5.66. The lowest BCUT2D eigenvalue weighted by Gasteiger charge is -2.02. The van der Waals surface area contributed by atoms with Crippen LogP contribution < -0.4 is 5.73 Å². The van der Waals surface area contributed by atoms with Gasteiger partial charge in [0.2, 0.25) is 0 Å². The average molecular weight is 246 g/mol. The molecular weight excluding hydrogens is 232 g/mol. The van der Waals surface area contributed by atoms with E-state index in [2.05, 4.69) is 25.1 Å². The van der Waals surface area contributed by atoms with Crippen molar-refractivity contribution < 1.29 is 0 Å². The van der Waals surface area contributed by atoms with Crippen LogP contribution in [0.2, 0.25) is 0 Å². The van der Waals surface area contributed by atoms with E-state index in [1.807, 2.05) is 0 Å². The molecule has 78 valence electrons. The van der Waals surface area contributed by atoms with Crippen molar-refractivity contribution in [2.45, 2.75) is 25.5 Å². The first kappa shape index (κ1) is 11.9. The molecule has 0 radical (unpaired) electrons. The van der Waals surface area contributed by atoms with Crippen LogP contribution in [0, 0.1) is 0 Å². The van der Waals surface area contributed by atoms with E-state index < -0.39 is 0 Å². The second-order valence-electron chi connectivity index (χ2n) is 3.27. The standard InChI is InChI=1S/C9H14N2S3/c1-5(2)7-8(9(10)12)14-6(11-7)4-13-3/h5H,4H2,1-3H3,(H2,10,12). The van der Waals surface area contributed by atoms with Gasteiger partial charge in [-0.05, 0) is 12.2 Å². The summed E-state index contributed by atoms with van der Waals surface area (Å²) >= 11 is 8.39. The maximum Gasteiger partial charge on any atom is 0.116 e. The van der Waals surface area contributed by atoms with E-state index in [0.717, 1.165) is 21.3 Å². The van der Waals surface area contributed by atoms with Crippen molar-refractivity contribution >= 4 is 40.3 Å². The van der Waals surface area contributed by atoms with Gasteiger partial charge < -0.3 is 5.73 Å². The third kappa shape index (κ3) is 2.68. The van der Waals surface area contributed by atoms with Gasteiger partial charge in [0.15, 0.2) is 0 Å². The first-order valence-electron chi connectivity index (χ1n) is 4.34. The molecule has 0 amide bonds. The molecule has 0 aliphatic heterocycles. The van der Waals surface area contributed by atoms with E-state index in [0.29, 0.717) is 10.9 Å². The molecule has 14 heavy (non-hydrogen) atoms. The third-order valence-corrected chi connectivity index (χ3v) is 3.92. The third-order valence-electron chi connectivity index (χ3n) is 1.74. The number of thiazole rings is 1. The van der Waals surface area contributed by atoms with E-state index >= 15 is 0 Å². The van der Waals surface area contributed by atoms with E-state index in [-0.39, 0.29) is 0 Å². The summed E-state index contributed by atoms with van der Waals surface area (Å²) in [6.07, 6.45) is 2.07. The van der Waals surface area contributed by atoms with Gasteiger partial charge in [0.25, 0.3) is 0 Å². The fraction of sp³-hybridized carbons (Fsp3) is 0.556. The monoisotopic (exact) mass is 246 g/mol. The number of hydrogen-bond acceptors (Lipinski definition) is 4. The molecule has 0 saturated carbocycles. The number of thioether (sulfide) groups is 1. The highest BCUT2D eigenvalue weighted by Gasteiger charge is 2.15. The van der Waals surface area contributed by atoms with Crippen molar-refractivity contribution in [3.05, 3.63) is 15.6 Å². The van der Waals surface area contributed by atoms with Gasteiger partial charge in [-0.1, -0.05) is 26.1 Å². The van der Waals surface area contributed by atoms with Gasteiger partial charge in [0.1, 0.15) is 10.00 Å². The summed E-state index contributed by atoms with van der Waals surface area (Å²) in [5, 5.41) is 1.11. The smallest absolute Gasteiger partial charge is 0.116 e. The highest BCUT2D eigenvalue weighted by Crippen LogP contribution is 2.26. The second kappa shape index (κ2) is 5.09. The Bertz CT molecular complexity index is 331. The van der Waals surface area contributed by atoms with Crippen LogP contribution in [-0.4, -0.2) is 16.2 Å². The Morgan fingerprint density at radius 2 is 2.29 bits per heavy atom. The van der Waals surface area contributed by atoms with Gasteiger partial charge in [0.05, 0.1) is 10.6 Å². The molecule has 0 aliphatic carbocycles. The van der Waals surface area contributed by atoms with E-state index in [1.165, 1.54) is 0 Å². The highest BCUT2D eigenvalue weighted by molar-refractivity contribution is 7.97. The molecule has 0 unspecified atom stereocenters. The molecule has 1 heterocycles. The predicted octanol–water partition coefficient (Wildman–Crippen LogP) is 2.76. The molecule has 0 atom stereocenters. The SMILES string of the molecule is CSCc1nc(C(C)C)c(C(N)=S)s1. The first-order chi connectivity index (χ1) is 6.56. The Labute approximate surface area is 98.3 Å². The fourth-order valence-electron chi connectivity index (χ4n) is 1.13. The fourth-order valence-corrected chi connectivity index (χ4v) is 3.13. The summed E-state index contributed by atoms with van der Waals surface area (Å²) in [4.78, 5) is 6.01. The Hall–Kier alpha value is -0.130. The summed E-state index contributed by atoms with van der Waals surface area (Å²) in [5.41, 5.74) is 6.70. The summed E-state index contributed by atoms with van der Waals surface area (Å²) in [6, 6.07) is 0. The average Bonchev–Trinajstić information content (AvgIpc) is 2.49. The van der Waals surface area contributed by atoms with Crippen LogP contribution in [0.25, 0.3) is 0 Å². The number of nitrogens with zero attached hydrogens (tertiary/aromatic N) is 1. The minimum absolute atomic E-state index is 0.387. The number of aromatic nitrogens is 1. The summed E-state index contributed by atoms with van der Waals surface area (Å²) in [5.74, 6) is 1.32. The van der Waals surface area contributed by atoms with Gasteiger partial charge >= 0.3 is 0 Å². The molecular formula is C9H14N2S3. The van der Waals surface area contributed by atoms with Crippen molar-refractivity contribution in [3.63, 3.8) is 0 Å². The maximum absolute atomic E-state index is 5.66. The van der Waals surface area contributed by atoms with Gasteiger partial charge in [-0.25, -0.2) is 4.98 Å². The van der Waals surface area contributed by atoms with Gasteiger partial charge in [-0.3, -0.25) is 0 Å². The zero-order valence-corrected chi connectivity index (χ0v) is 11.0. The number of thiocarbonyl (C=S) groups is 1. The van der Waals surface area contributed by atoms with Crippen molar-refractivity contribution in [3.8, 4) is 0 Å². The van der Waals surface area contributed by atoms with Gasteiger partial charge in [0, 0.05) is 5.75 Å². The van der Waals surface area contributed by atoms with Gasteiger partial charge in [-0.15, -0.1) is 11.3 Å². The zero-order valence-electron chi connectivity index (χ0n) is 8.53. The van der Waals surface area contributed by atoms with E-state index in [1.54, 1.807) is 23.1 Å². The molecule has 1 rings (SSSR count). The lowest BCUT2D eigenvalue weighted by Crippen LogP contribution is -2.10. The topological polar surface area (TPSA) is 38.9 Å². The quantitative estimate of drug-likeness (QED) is 0.829. The van der Waals surface area contributed by atoms with Crippen LogP contribution in [0.15, 0.2) is 0 Å². The molecule has 1 aromatic rings. The zero-order chi connectivity index (χ0) is 10.7. The van der Waals surface area contributed by atoms with Crippen molar-refractivity contribution in [1.82, 2.24) is 4.98 Å². The Balaban J connectivity index is 3.06. The molecule has 0 spiro atoms. The molecule has 0 aromatic carbocycles. The highest BCUT2D eigenvalue weighted by atomic mass is 32.2. The molecule has 0 aliphatic rings. The largest absolute Gasteiger partial charge is 0.389 e. The van der Waals surface area contributed by atoms with Crippen molar-refractivity contribution in [2.75, 3.05) is 6.26 Å². The van der Waals surface area contributed by atoms with Crippen LogP contribution in [0.5, 0.6) is 0 Å². The molecule has 1 aromatic heterocycles. The summed E-state index contributed by atoms with van der Waals surface area (Å²) in [7, 11) is 0. The normalized spacial score (nSPS) is 10.9. The molecule has 2 N–H and O–H groups in total. The number of rotatable bonds is 4. The Morgan fingerprint density at radius 1 is 1.64 bits per heavy atom. The number of nitrogens with two attached hydrogens (primary N) is 1. The van der Waals surface area contributed by atoms with Crippen LogP contribution in [0.4, 0.5) is 0 Å². The van der Waals surface area contributed by atoms with Crippen LogP contribution >= 0.6 is 35.3 Å². The van der Waals surface area contributed by atoms with E-state index in [4.69, 9.17) is 18.0 Å². The summed E-state index contributed by atoms with van der Waals surface area (Å²) < 4.78 is 0. The minimum Gasteiger partial charge on any atom is -0.389 e. The second-order valence-corrected chi connectivity index (χ2v) is 5.66. The lowest BCUT2D eigenvalue weighted by atomic mass is 10.1. The molecule has 0 saturated heterocycles. The van der Waals surface area contributed by atoms with Crippen LogP contribution in [-0.2, 0) is 5.75 Å². The van der Waals surface area contributed by atoms with Crippen LogP contribution in [0.3, 0.4) is 0 Å². The predicted molar refractivity (Wildman–Crippen MR) is 69.3 cm³/mol. The first-order valence-corrected chi connectivity index (χ1v) is 6.96. The Morgan fingerprint density at radius 3 is 2.64 bits per heavy atom.